The van der Waals surface area contributed by atoms with Gasteiger partial charge in [0.05, 0.1) is 5.56 Å². The quantitative estimate of drug-likeness (QED) is 0.562. The molecule has 0 aliphatic rings. The molecule has 0 aliphatic carbocycles. The van der Waals surface area contributed by atoms with Gasteiger partial charge in [-0.1, -0.05) is 23.4 Å². The number of halogens is 3. The Labute approximate surface area is 85.4 Å². The van der Waals surface area contributed by atoms with E-state index in [1.54, 1.807) is 6.92 Å². The van der Waals surface area contributed by atoms with Gasteiger partial charge in [-0.15, -0.1) is 0 Å². The third-order valence-corrected chi connectivity index (χ3v) is 1.72. The third-order valence-electron chi connectivity index (χ3n) is 1.72. The van der Waals surface area contributed by atoms with Crippen LogP contribution in [-0.2, 0) is 17.6 Å². The number of hydrogen-bond acceptors (Lipinski definition) is 2. The molecule has 1 rings (SSSR count). The van der Waals surface area contributed by atoms with Crippen LogP contribution >= 0.6 is 0 Å². The highest BCUT2D eigenvalue weighted by molar-refractivity contribution is 5.52. The average molecular weight is 217 g/mol. The van der Waals surface area contributed by atoms with Gasteiger partial charge in [0, 0.05) is 11.8 Å². The third kappa shape index (κ3) is 3.27. The summed E-state index contributed by atoms with van der Waals surface area (Å²) < 4.78 is 37.4. The highest BCUT2D eigenvalue weighted by Gasteiger charge is 2.32. The maximum absolute atomic E-state index is 12.5. The lowest BCUT2D eigenvalue weighted by atomic mass is 10.1. The molecule has 82 valence electrons. The van der Waals surface area contributed by atoms with Crippen LogP contribution in [0.25, 0.3) is 0 Å². The van der Waals surface area contributed by atoms with Crippen molar-refractivity contribution in [1.29, 1.82) is 0 Å². The molecule has 0 saturated heterocycles. The van der Waals surface area contributed by atoms with E-state index in [9.17, 15) is 13.2 Å². The first-order valence-electron chi connectivity index (χ1n) is 4.30. The summed E-state index contributed by atoms with van der Waals surface area (Å²) in [5.74, 6) is 0. The number of hydrogen-bond donors (Lipinski definition) is 0. The summed E-state index contributed by atoms with van der Waals surface area (Å²) >= 11 is 0. The fourth-order valence-corrected chi connectivity index (χ4v) is 1.10. The average Bonchev–Trinajstić information content (AvgIpc) is 2.17. The Bertz CT molecular complexity index is 347. The molecule has 15 heavy (non-hydrogen) atoms. The Hall–Kier alpha value is -1.52. The number of oxime groups is 1. The zero-order chi connectivity index (χ0) is 11.3. The van der Waals surface area contributed by atoms with Gasteiger partial charge in [-0.05, 0) is 13.0 Å². The fraction of sp³-hybridized carbons (Fsp3) is 0.300. The molecule has 0 unspecified atom stereocenters. The molecule has 0 amide bonds. The molecular weight excluding hydrogens is 207 g/mol. The summed E-state index contributed by atoms with van der Waals surface area (Å²) in [7, 11) is 0. The second-order valence-electron chi connectivity index (χ2n) is 2.79. The topological polar surface area (TPSA) is 21.6 Å². The van der Waals surface area contributed by atoms with Gasteiger partial charge in [0.15, 0.2) is 0 Å². The monoisotopic (exact) mass is 217 g/mol. The summed E-state index contributed by atoms with van der Waals surface area (Å²) in [6.45, 7) is 1.44. The van der Waals surface area contributed by atoms with Gasteiger partial charge in [0.1, 0.15) is 6.61 Å². The van der Waals surface area contributed by atoms with Crippen molar-refractivity contribution in [3.8, 4) is 0 Å². The van der Waals surface area contributed by atoms with Crippen molar-refractivity contribution in [1.82, 2.24) is 0 Å². The van der Waals surface area contributed by atoms with Crippen molar-refractivity contribution >= 4 is 6.21 Å². The smallest absolute Gasteiger partial charge is 0.391 e. The number of nitrogens with zero attached hydrogens (tertiary/aromatic N) is 1. The molecule has 0 radical (unpaired) electrons. The molecular formula is C10H10F3NO. The van der Waals surface area contributed by atoms with Gasteiger partial charge in [-0.2, -0.15) is 13.2 Å². The minimum Gasteiger partial charge on any atom is -0.391 e. The van der Waals surface area contributed by atoms with Crippen LogP contribution in [0.4, 0.5) is 13.2 Å². The summed E-state index contributed by atoms with van der Waals surface area (Å²) in [5, 5.41) is 3.40. The molecule has 0 saturated carbocycles. The van der Waals surface area contributed by atoms with Crippen LogP contribution < -0.4 is 0 Å². The molecule has 0 heterocycles. The van der Waals surface area contributed by atoms with Crippen molar-refractivity contribution in [3.63, 3.8) is 0 Å². The number of benzene rings is 1. The molecule has 0 fully saturated rings. The first-order valence-corrected chi connectivity index (χ1v) is 4.30. The molecule has 0 bridgehead atoms. The second-order valence-corrected chi connectivity index (χ2v) is 2.79. The fourth-order valence-electron chi connectivity index (χ4n) is 1.10. The van der Waals surface area contributed by atoms with E-state index in [-0.39, 0.29) is 12.2 Å². The predicted molar refractivity (Wildman–Crippen MR) is 50.4 cm³/mol. The maximum atomic E-state index is 12.5. The largest absolute Gasteiger partial charge is 0.416 e. The Morgan fingerprint density at radius 2 is 2.00 bits per heavy atom. The zero-order valence-corrected chi connectivity index (χ0v) is 8.08. The molecule has 0 aliphatic heterocycles. The lowest BCUT2D eigenvalue weighted by Crippen LogP contribution is -2.09. The van der Waals surface area contributed by atoms with Gasteiger partial charge < -0.3 is 4.84 Å². The van der Waals surface area contributed by atoms with Gasteiger partial charge in [0.25, 0.3) is 0 Å². The highest BCUT2D eigenvalue weighted by Crippen LogP contribution is 2.32. The zero-order valence-electron chi connectivity index (χ0n) is 8.08. The number of alkyl halides is 3. The van der Waals surface area contributed by atoms with E-state index < -0.39 is 11.7 Å². The minimum absolute atomic E-state index is 0.0793. The maximum Gasteiger partial charge on any atom is 0.416 e. The van der Waals surface area contributed by atoms with Gasteiger partial charge >= 0.3 is 6.18 Å². The van der Waals surface area contributed by atoms with Crippen LogP contribution in [0, 0.1) is 0 Å². The van der Waals surface area contributed by atoms with Gasteiger partial charge in [0.2, 0.25) is 0 Å². The standard InChI is InChI=1S/C10H10F3NO/c1-2-14-15-7-8-5-3-4-6-9(8)10(11,12)13/h2-6H,7H2,1H3/b14-2-. The lowest BCUT2D eigenvalue weighted by Gasteiger charge is -2.11. The Balaban J connectivity index is 2.87. The summed E-state index contributed by atoms with van der Waals surface area (Å²) in [5.41, 5.74) is -0.605. The van der Waals surface area contributed by atoms with Gasteiger partial charge in [-0.25, -0.2) is 0 Å². The lowest BCUT2D eigenvalue weighted by molar-refractivity contribution is -0.138. The van der Waals surface area contributed by atoms with E-state index in [2.05, 4.69) is 9.99 Å². The SMILES string of the molecule is C/C=N\OCc1ccccc1C(F)(F)F. The van der Waals surface area contributed by atoms with Crippen LogP contribution in [0.15, 0.2) is 29.4 Å². The molecule has 0 aromatic heterocycles. The van der Waals surface area contributed by atoms with Crippen LogP contribution in [0.2, 0.25) is 0 Å². The Kier molecular flexibility index (Phi) is 3.71. The molecule has 0 N–H and O–H groups in total. The van der Waals surface area contributed by atoms with Crippen molar-refractivity contribution in [3.05, 3.63) is 35.4 Å². The second kappa shape index (κ2) is 4.82. The molecule has 0 spiro atoms. The summed E-state index contributed by atoms with van der Waals surface area (Å²) in [4.78, 5) is 4.67. The molecule has 1 aromatic carbocycles. The first-order chi connectivity index (χ1) is 7.05. The first kappa shape index (κ1) is 11.6. The summed E-state index contributed by atoms with van der Waals surface area (Å²) in [6, 6.07) is 5.27. The molecule has 0 atom stereocenters. The van der Waals surface area contributed by atoms with E-state index in [1.165, 1.54) is 24.4 Å². The molecule has 1 aromatic rings. The van der Waals surface area contributed by atoms with Crippen LogP contribution in [0.1, 0.15) is 18.1 Å². The van der Waals surface area contributed by atoms with Crippen molar-refractivity contribution < 1.29 is 18.0 Å². The van der Waals surface area contributed by atoms with E-state index in [0.717, 1.165) is 6.07 Å². The minimum atomic E-state index is -4.35. The van der Waals surface area contributed by atoms with Crippen molar-refractivity contribution in [2.45, 2.75) is 19.7 Å². The molecule has 5 heteroatoms. The van der Waals surface area contributed by atoms with Gasteiger partial charge in [-0.3, -0.25) is 0 Å². The number of rotatable bonds is 3. The van der Waals surface area contributed by atoms with E-state index in [4.69, 9.17) is 0 Å². The Morgan fingerprint density at radius 1 is 1.33 bits per heavy atom. The normalized spacial score (nSPS) is 12.0. The van der Waals surface area contributed by atoms with Crippen molar-refractivity contribution in [2.75, 3.05) is 0 Å². The summed E-state index contributed by atoms with van der Waals surface area (Å²) in [6.07, 6.45) is -2.98. The predicted octanol–water partition coefficient (Wildman–Crippen LogP) is 3.23. The molecule has 2 nitrogen and oxygen atoms in total. The van der Waals surface area contributed by atoms with Crippen molar-refractivity contribution in [2.24, 2.45) is 5.16 Å². The van der Waals surface area contributed by atoms with E-state index in [0.29, 0.717) is 0 Å². The van der Waals surface area contributed by atoms with Crippen LogP contribution in [0.5, 0.6) is 0 Å². The highest BCUT2D eigenvalue weighted by atomic mass is 19.4. The Morgan fingerprint density at radius 3 is 2.60 bits per heavy atom. The van der Waals surface area contributed by atoms with Crippen LogP contribution in [0.3, 0.4) is 0 Å². The van der Waals surface area contributed by atoms with Crippen LogP contribution in [-0.4, -0.2) is 6.21 Å². The van der Waals surface area contributed by atoms with E-state index >= 15 is 0 Å². The van der Waals surface area contributed by atoms with E-state index in [1.807, 2.05) is 0 Å².